The molecule has 3 rings (SSSR count). The molecule has 37 heavy (non-hydrogen) atoms. The normalized spacial score (nSPS) is 16.5. The Labute approximate surface area is 213 Å². The van der Waals surface area contributed by atoms with Crippen LogP contribution in [0.15, 0.2) is 73.7 Å². The highest BCUT2D eigenvalue weighted by Crippen LogP contribution is 2.25. The predicted molar refractivity (Wildman–Crippen MR) is 133 cm³/mol. The van der Waals surface area contributed by atoms with Crippen molar-refractivity contribution in [3.63, 3.8) is 0 Å². The smallest absolute Gasteiger partial charge is 0.355 e. The molecule has 2 aromatic rings. The topological polar surface area (TPSA) is 186 Å². The number of amides is 1. The molecule has 1 unspecified atom stereocenters. The summed E-state index contributed by atoms with van der Waals surface area (Å²) in [5.74, 6) is -2.41. The van der Waals surface area contributed by atoms with E-state index in [-0.39, 0.29) is 22.0 Å². The Balaban J connectivity index is 1.77. The summed E-state index contributed by atoms with van der Waals surface area (Å²) < 4.78 is 56.7. The van der Waals surface area contributed by atoms with E-state index < -0.39 is 48.5 Å². The van der Waals surface area contributed by atoms with Crippen LogP contribution in [-0.2, 0) is 29.5 Å². The fourth-order valence-electron chi connectivity index (χ4n) is 3.40. The molecule has 0 aliphatic carbocycles. The molecule has 0 bridgehead atoms. The second-order valence-electron chi connectivity index (χ2n) is 7.87. The van der Waals surface area contributed by atoms with Crippen LogP contribution in [0, 0.1) is 0 Å². The van der Waals surface area contributed by atoms with Crippen LogP contribution in [0.4, 0.5) is 11.4 Å². The fraction of sp³-hybridized carbons (Fsp3) is 0.318. The van der Waals surface area contributed by atoms with Crippen LogP contribution in [0.5, 0.6) is 0 Å². The maximum atomic E-state index is 12.8. The highest BCUT2D eigenvalue weighted by Gasteiger charge is 2.41. The first-order valence-electron chi connectivity index (χ1n) is 11.1. The van der Waals surface area contributed by atoms with Crippen molar-refractivity contribution < 1.29 is 36.1 Å². The van der Waals surface area contributed by atoms with Crippen molar-refractivity contribution in [2.45, 2.75) is 29.7 Å². The number of carboxylic acids is 1. The van der Waals surface area contributed by atoms with Crippen LogP contribution in [0.3, 0.4) is 0 Å². The van der Waals surface area contributed by atoms with E-state index in [4.69, 9.17) is 4.55 Å². The number of hydrazone groups is 1. The van der Waals surface area contributed by atoms with Crippen molar-refractivity contribution >= 4 is 48.9 Å². The maximum Gasteiger partial charge on any atom is 0.355 e. The van der Waals surface area contributed by atoms with Gasteiger partial charge in [-0.05, 0) is 61.6 Å². The van der Waals surface area contributed by atoms with E-state index in [9.17, 15) is 31.5 Å². The van der Waals surface area contributed by atoms with E-state index in [1.54, 1.807) is 0 Å². The van der Waals surface area contributed by atoms with Gasteiger partial charge in [-0.15, -0.1) is 0 Å². The molecule has 1 amide bonds. The number of carbonyl (C=O) groups is 2. The summed E-state index contributed by atoms with van der Waals surface area (Å²) in [7, 11) is -7.99. The summed E-state index contributed by atoms with van der Waals surface area (Å²) in [4.78, 5) is 26.2. The average molecular weight is 552 g/mol. The number of aliphatic carboxylic acids is 1. The molecule has 0 radical (unpaired) electrons. The van der Waals surface area contributed by atoms with Gasteiger partial charge in [0.2, 0.25) is 6.04 Å². The van der Waals surface area contributed by atoms with Gasteiger partial charge in [0.15, 0.2) is 15.5 Å². The van der Waals surface area contributed by atoms with E-state index >= 15 is 0 Å². The number of sulfone groups is 1. The lowest BCUT2D eigenvalue weighted by Gasteiger charge is -2.17. The summed E-state index contributed by atoms with van der Waals surface area (Å²) >= 11 is 0. The summed E-state index contributed by atoms with van der Waals surface area (Å²) in [5, 5.41) is 21.7. The van der Waals surface area contributed by atoms with Crippen molar-refractivity contribution in [3.05, 3.63) is 48.5 Å². The van der Waals surface area contributed by atoms with Gasteiger partial charge in [0.1, 0.15) is 0 Å². The van der Waals surface area contributed by atoms with Gasteiger partial charge >= 0.3 is 5.97 Å². The monoisotopic (exact) mass is 551 g/mol. The highest BCUT2D eigenvalue weighted by atomic mass is 32.2. The average Bonchev–Trinajstić information content (AvgIpc) is 3.19. The van der Waals surface area contributed by atoms with Crippen LogP contribution < -0.4 is 5.01 Å². The molecule has 1 aliphatic rings. The van der Waals surface area contributed by atoms with Crippen molar-refractivity contribution in [1.82, 2.24) is 4.90 Å². The zero-order valence-electron chi connectivity index (χ0n) is 19.9. The molecule has 1 atom stereocenters. The molecule has 2 N–H and O–H groups in total. The largest absolute Gasteiger partial charge is 0.477 e. The van der Waals surface area contributed by atoms with E-state index in [2.05, 4.69) is 15.3 Å². The van der Waals surface area contributed by atoms with E-state index in [1.165, 1.54) is 36.4 Å². The van der Waals surface area contributed by atoms with Crippen molar-refractivity contribution in [2.24, 2.45) is 15.3 Å². The van der Waals surface area contributed by atoms with Crippen molar-refractivity contribution in [2.75, 3.05) is 30.4 Å². The molecule has 0 saturated heterocycles. The highest BCUT2D eigenvalue weighted by molar-refractivity contribution is 7.91. The van der Waals surface area contributed by atoms with Crippen LogP contribution in [0.2, 0.25) is 0 Å². The molecule has 198 valence electrons. The first-order chi connectivity index (χ1) is 17.4. The number of carboxylic acid groups (broad SMARTS) is 1. The third-order valence-electron chi connectivity index (χ3n) is 5.56. The molecule has 13 nitrogen and oxygen atoms in total. The molecule has 1 aliphatic heterocycles. The van der Waals surface area contributed by atoms with Gasteiger partial charge < -0.3 is 10.0 Å². The Hall–Kier alpha value is -3.53. The van der Waals surface area contributed by atoms with Gasteiger partial charge in [-0.1, -0.05) is 13.8 Å². The molecule has 2 aromatic carbocycles. The lowest BCUT2D eigenvalue weighted by molar-refractivity contribution is -0.130. The fourth-order valence-corrected chi connectivity index (χ4v) is 5.17. The first kappa shape index (κ1) is 28.0. The Morgan fingerprint density at radius 3 is 2.08 bits per heavy atom. The second-order valence-corrected chi connectivity index (χ2v) is 11.4. The number of hydrogen-bond donors (Lipinski definition) is 2. The number of rotatable bonds is 11. The van der Waals surface area contributed by atoms with Gasteiger partial charge in [0.05, 0.1) is 26.9 Å². The lowest BCUT2D eigenvalue weighted by atomic mass is 10.2. The molecule has 15 heteroatoms. The van der Waals surface area contributed by atoms with Gasteiger partial charge in [-0.2, -0.15) is 28.8 Å². The molecule has 1 heterocycles. The zero-order chi connectivity index (χ0) is 27.4. The first-order valence-corrected chi connectivity index (χ1v) is 14.2. The number of hydrogen-bond acceptors (Lipinski definition) is 10. The number of benzene rings is 2. The maximum absolute atomic E-state index is 12.8. The SMILES string of the molecule is CCN(CC)CCS(=O)(=O)c1ccc(N=NC2C(=O)N(c3ccc(S(=O)(=O)O)cc3)N=C2C(=O)O)cc1. The molecule has 0 spiro atoms. The zero-order valence-corrected chi connectivity index (χ0v) is 21.6. The van der Waals surface area contributed by atoms with Crippen LogP contribution in [0.1, 0.15) is 13.8 Å². The molecule has 0 aromatic heterocycles. The second kappa shape index (κ2) is 11.2. The Bertz CT molecular complexity index is 1430. The van der Waals surface area contributed by atoms with Crippen LogP contribution in [0.25, 0.3) is 0 Å². The van der Waals surface area contributed by atoms with Crippen molar-refractivity contribution in [1.29, 1.82) is 0 Å². The third kappa shape index (κ3) is 6.62. The Morgan fingerprint density at radius 1 is 1.00 bits per heavy atom. The number of azo groups is 1. The molecule has 0 saturated carbocycles. The summed E-state index contributed by atoms with van der Waals surface area (Å²) in [6.07, 6.45) is 0. The summed E-state index contributed by atoms with van der Waals surface area (Å²) in [5.41, 5.74) is -0.368. The van der Waals surface area contributed by atoms with Gasteiger partial charge in [0.25, 0.3) is 16.0 Å². The van der Waals surface area contributed by atoms with E-state index in [0.717, 1.165) is 30.2 Å². The van der Waals surface area contributed by atoms with Gasteiger partial charge in [-0.25, -0.2) is 13.2 Å². The molecular weight excluding hydrogens is 526 g/mol. The van der Waals surface area contributed by atoms with Crippen molar-refractivity contribution in [3.8, 4) is 0 Å². The van der Waals surface area contributed by atoms with E-state index in [1.807, 2.05) is 18.7 Å². The van der Waals surface area contributed by atoms with Gasteiger partial charge in [0, 0.05) is 6.54 Å². The molecular formula is C22H25N5O8S2. The third-order valence-corrected chi connectivity index (χ3v) is 8.14. The minimum atomic E-state index is -4.46. The minimum absolute atomic E-state index is 0.0492. The number of anilines is 1. The minimum Gasteiger partial charge on any atom is -0.477 e. The van der Waals surface area contributed by atoms with E-state index in [0.29, 0.717) is 6.54 Å². The Morgan fingerprint density at radius 2 is 1.57 bits per heavy atom. The standard InChI is InChI=1S/C22H25N5O8S2/c1-3-26(4-2)13-14-36(31,32)17-9-5-15(6-10-17)23-24-19-20(22(29)30)25-27(21(19)28)16-7-11-18(12-8-16)37(33,34)35/h5-12,19H,3-4,13-14H2,1-2H3,(H,29,30)(H,33,34,35). The van der Waals surface area contributed by atoms with Crippen LogP contribution >= 0.6 is 0 Å². The lowest BCUT2D eigenvalue weighted by Crippen LogP contribution is -2.33. The number of nitrogens with zero attached hydrogens (tertiary/aromatic N) is 5. The van der Waals surface area contributed by atoms with Gasteiger partial charge in [-0.3, -0.25) is 9.35 Å². The predicted octanol–water partition coefficient (Wildman–Crippen LogP) is 1.99. The summed E-state index contributed by atoms with van der Waals surface area (Å²) in [6.45, 7) is 5.77. The molecule has 0 fully saturated rings. The summed E-state index contributed by atoms with van der Waals surface area (Å²) in [6, 6.07) is 8.30. The quantitative estimate of drug-likeness (QED) is 0.311. The number of carbonyl (C=O) groups excluding carboxylic acids is 1. The van der Waals surface area contributed by atoms with Crippen LogP contribution in [-0.4, -0.2) is 80.4 Å². The Kier molecular flexibility index (Phi) is 8.53.